The van der Waals surface area contributed by atoms with E-state index in [1.807, 2.05) is 4.90 Å². The highest BCUT2D eigenvalue weighted by Gasteiger charge is 2.13. The molecule has 0 aliphatic rings. The molecule has 4 nitrogen and oxygen atoms in total. The summed E-state index contributed by atoms with van der Waals surface area (Å²) in [5.74, 6) is -0.416. The van der Waals surface area contributed by atoms with Crippen molar-refractivity contribution in [2.45, 2.75) is 12.5 Å². The van der Waals surface area contributed by atoms with Gasteiger partial charge < -0.3 is 15.3 Å². The van der Waals surface area contributed by atoms with E-state index in [2.05, 4.69) is 0 Å². The van der Waals surface area contributed by atoms with Crippen LogP contribution in [0, 0.1) is 5.82 Å². The minimum Gasteiger partial charge on any atom is -0.395 e. The average molecular weight is 257 g/mol. The Bertz CT molecular complexity index is 343. The van der Waals surface area contributed by atoms with Gasteiger partial charge in [0.1, 0.15) is 5.82 Å². The van der Waals surface area contributed by atoms with Gasteiger partial charge in [0.2, 0.25) is 0 Å². The molecule has 5 heteroatoms. The lowest BCUT2D eigenvalue weighted by atomic mass is 10.1. The molecular formula is C13H20FNO3. The number of rotatable bonds is 8. The highest BCUT2D eigenvalue weighted by Crippen LogP contribution is 2.19. The second-order valence-electron chi connectivity index (χ2n) is 4.11. The van der Waals surface area contributed by atoms with E-state index in [9.17, 15) is 9.50 Å². The third-order valence-corrected chi connectivity index (χ3v) is 2.82. The Morgan fingerprint density at radius 3 is 2.22 bits per heavy atom. The lowest BCUT2D eigenvalue weighted by Crippen LogP contribution is -2.31. The van der Waals surface area contributed by atoms with Crippen molar-refractivity contribution in [2.75, 3.05) is 32.8 Å². The van der Waals surface area contributed by atoms with Crippen LogP contribution in [0.3, 0.4) is 0 Å². The van der Waals surface area contributed by atoms with Gasteiger partial charge in [0.05, 0.1) is 19.3 Å². The van der Waals surface area contributed by atoms with Crippen LogP contribution in [0.4, 0.5) is 4.39 Å². The van der Waals surface area contributed by atoms with E-state index in [-0.39, 0.29) is 18.8 Å². The summed E-state index contributed by atoms with van der Waals surface area (Å²) in [4.78, 5) is 1.82. The number of nitrogens with zero attached hydrogens (tertiary/aromatic N) is 1. The fourth-order valence-electron chi connectivity index (χ4n) is 1.82. The number of hydrogen-bond donors (Lipinski definition) is 3. The van der Waals surface area contributed by atoms with Crippen LogP contribution >= 0.6 is 0 Å². The molecule has 0 heterocycles. The van der Waals surface area contributed by atoms with Gasteiger partial charge in [0, 0.05) is 25.2 Å². The third kappa shape index (κ3) is 4.70. The van der Waals surface area contributed by atoms with Crippen molar-refractivity contribution in [1.82, 2.24) is 4.90 Å². The normalized spacial score (nSPS) is 12.9. The summed E-state index contributed by atoms with van der Waals surface area (Å²) in [6.07, 6.45) is -0.507. The zero-order valence-electron chi connectivity index (χ0n) is 10.3. The lowest BCUT2D eigenvalue weighted by Gasteiger charge is -2.22. The van der Waals surface area contributed by atoms with Crippen LogP contribution in [0.2, 0.25) is 0 Å². The topological polar surface area (TPSA) is 63.9 Å². The maximum atomic E-state index is 13.4. The van der Waals surface area contributed by atoms with E-state index in [0.717, 1.165) is 0 Å². The summed E-state index contributed by atoms with van der Waals surface area (Å²) in [6.45, 7) is 1.36. The number of benzene rings is 1. The average Bonchev–Trinajstić information content (AvgIpc) is 2.36. The van der Waals surface area contributed by atoms with E-state index >= 15 is 0 Å². The molecule has 0 spiro atoms. The van der Waals surface area contributed by atoms with Crippen LogP contribution < -0.4 is 0 Å². The van der Waals surface area contributed by atoms with Crippen molar-refractivity contribution in [1.29, 1.82) is 0 Å². The number of hydrogen-bond acceptors (Lipinski definition) is 4. The summed E-state index contributed by atoms with van der Waals surface area (Å²) in [7, 11) is 0. The molecule has 0 saturated heterocycles. The summed E-state index contributed by atoms with van der Waals surface area (Å²) < 4.78 is 13.4. The van der Waals surface area contributed by atoms with Crippen molar-refractivity contribution in [2.24, 2.45) is 0 Å². The molecule has 0 fully saturated rings. The van der Waals surface area contributed by atoms with Crippen LogP contribution in [-0.4, -0.2) is 53.1 Å². The molecule has 18 heavy (non-hydrogen) atoms. The first-order valence-corrected chi connectivity index (χ1v) is 6.05. The minimum atomic E-state index is -0.869. The standard InChI is InChI=1S/C13H20FNO3/c14-12-4-2-1-3-11(12)13(18)5-6-15(7-9-16)8-10-17/h1-4,13,16-18H,5-10H2. The smallest absolute Gasteiger partial charge is 0.128 e. The van der Waals surface area contributed by atoms with Crippen LogP contribution in [0.1, 0.15) is 18.1 Å². The first-order chi connectivity index (χ1) is 8.69. The molecule has 3 N–H and O–H groups in total. The number of aliphatic hydroxyl groups excluding tert-OH is 3. The zero-order valence-corrected chi connectivity index (χ0v) is 10.3. The van der Waals surface area contributed by atoms with Gasteiger partial charge in [0.25, 0.3) is 0 Å². The minimum absolute atomic E-state index is 0.00417. The number of halogens is 1. The molecule has 0 aliphatic carbocycles. The molecule has 0 amide bonds. The molecule has 1 atom stereocenters. The Hall–Kier alpha value is -1.01. The summed E-state index contributed by atoms with van der Waals surface area (Å²) in [5.41, 5.74) is 0.283. The molecule has 0 aliphatic heterocycles. The summed E-state index contributed by atoms with van der Waals surface area (Å²) in [5, 5.41) is 27.6. The van der Waals surface area contributed by atoms with Crippen LogP contribution in [0.15, 0.2) is 24.3 Å². The van der Waals surface area contributed by atoms with Gasteiger partial charge >= 0.3 is 0 Å². The molecule has 0 aromatic heterocycles. The molecule has 1 aromatic rings. The summed E-state index contributed by atoms with van der Waals surface area (Å²) in [6, 6.07) is 6.14. The van der Waals surface area contributed by atoms with Crippen LogP contribution in [0.5, 0.6) is 0 Å². The number of aliphatic hydroxyl groups is 3. The van der Waals surface area contributed by atoms with Crippen molar-refractivity contribution >= 4 is 0 Å². The van der Waals surface area contributed by atoms with E-state index in [4.69, 9.17) is 10.2 Å². The van der Waals surface area contributed by atoms with Gasteiger partial charge in [-0.3, -0.25) is 4.90 Å². The molecule has 1 aromatic carbocycles. The highest BCUT2D eigenvalue weighted by molar-refractivity contribution is 5.19. The fourth-order valence-corrected chi connectivity index (χ4v) is 1.82. The van der Waals surface area contributed by atoms with Gasteiger partial charge in [-0.15, -0.1) is 0 Å². The lowest BCUT2D eigenvalue weighted by molar-refractivity contribution is 0.116. The Balaban J connectivity index is 2.49. The Labute approximate surface area is 106 Å². The van der Waals surface area contributed by atoms with Crippen molar-refractivity contribution in [3.05, 3.63) is 35.6 Å². The van der Waals surface area contributed by atoms with Crippen LogP contribution in [-0.2, 0) is 0 Å². The van der Waals surface area contributed by atoms with Gasteiger partial charge in [-0.05, 0) is 12.5 Å². The molecule has 0 radical (unpaired) electrons. The molecule has 1 unspecified atom stereocenters. The SMILES string of the molecule is OCCN(CCO)CCC(O)c1ccccc1F. The largest absolute Gasteiger partial charge is 0.395 e. The molecule has 102 valence electrons. The zero-order chi connectivity index (χ0) is 13.4. The van der Waals surface area contributed by atoms with E-state index in [1.165, 1.54) is 6.07 Å². The van der Waals surface area contributed by atoms with Crippen molar-refractivity contribution in [3.63, 3.8) is 0 Å². The van der Waals surface area contributed by atoms with E-state index < -0.39 is 11.9 Å². The second-order valence-corrected chi connectivity index (χ2v) is 4.11. The Kier molecular flexibility index (Phi) is 6.82. The third-order valence-electron chi connectivity index (χ3n) is 2.82. The van der Waals surface area contributed by atoms with Crippen molar-refractivity contribution < 1.29 is 19.7 Å². The fraction of sp³-hybridized carbons (Fsp3) is 0.538. The predicted molar refractivity (Wildman–Crippen MR) is 66.6 cm³/mol. The second kappa shape index (κ2) is 8.16. The molecule has 1 rings (SSSR count). The quantitative estimate of drug-likeness (QED) is 0.636. The first kappa shape index (κ1) is 15.0. The Morgan fingerprint density at radius 2 is 1.67 bits per heavy atom. The Morgan fingerprint density at radius 1 is 1.06 bits per heavy atom. The van der Waals surface area contributed by atoms with Gasteiger partial charge in [-0.2, -0.15) is 0 Å². The summed E-state index contributed by atoms with van der Waals surface area (Å²) >= 11 is 0. The van der Waals surface area contributed by atoms with Crippen LogP contribution in [0.25, 0.3) is 0 Å². The van der Waals surface area contributed by atoms with Gasteiger partial charge in [-0.1, -0.05) is 18.2 Å². The predicted octanol–water partition coefficient (Wildman–Crippen LogP) is 0.536. The van der Waals surface area contributed by atoms with E-state index in [1.54, 1.807) is 18.2 Å². The van der Waals surface area contributed by atoms with E-state index in [0.29, 0.717) is 26.1 Å². The maximum absolute atomic E-state index is 13.4. The maximum Gasteiger partial charge on any atom is 0.128 e. The molecular weight excluding hydrogens is 237 g/mol. The molecule has 0 bridgehead atoms. The first-order valence-electron chi connectivity index (χ1n) is 6.05. The van der Waals surface area contributed by atoms with Gasteiger partial charge in [-0.25, -0.2) is 4.39 Å². The molecule has 0 saturated carbocycles. The van der Waals surface area contributed by atoms with Crippen molar-refractivity contribution in [3.8, 4) is 0 Å². The van der Waals surface area contributed by atoms with Gasteiger partial charge in [0.15, 0.2) is 0 Å². The monoisotopic (exact) mass is 257 g/mol. The highest BCUT2D eigenvalue weighted by atomic mass is 19.1.